The molecule has 0 atom stereocenters. The zero-order valence-corrected chi connectivity index (χ0v) is 14.1. The first-order valence-corrected chi connectivity index (χ1v) is 6.06. The van der Waals surface area contributed by atoms with E-state index in [1.54, 1.807) is 18.2 Å². The molecule has 0 radical (unpaired) electrons. The van der Waals surface area contributed by atoms with E-state index in [2.05, 4.69) is 0 Å². The molecule has 0 aromatic heterocycles. The molecule has 0 fully saturated rings. The summed E-state index contributed by atoms with van der Waals surface area (Å²) in [6, 6.07) is 8.51. The maximum Gasteiger partial charge on any atom is 3.00 e. The molecule has 2 aromatic rings. The first kappa shape index (κ1) is 15.1. The van der Waals surface area contributed by atoms with Crippen LogP contribution in [-0.2, 0) is 32.7 Å². The van der Waals surface area contributed by atoms with Crippen LogP contribution in [0.25, 0.3) is 5.73 Å². The van der Waals surface area contributed by atoms with Gasteiger partial charge in [-0.05, 0) is 25.0 Å². The quantitative estimate of drug-likeness (QED) is 0.626. The zero-order chi connectivity index (χ0) is 13.7. The second-order valence-electron chi connectivity index (χ2n) is 4.84. The molecule has 0 unspecified atom stereocenters. The van der Waals surface area contributed by atoms with Gasteiger partial charge in [-0.15, -0.1) is 5.69 Å². The number of carbonyl (C=O) groups is 2. The van der Waals surface area contributed by atoms with E-state index in [1.165, 1.54) is 0 Å². The van der Waals surface area contributed by atoms with Gasteiger partial charge in [-0.3, -0.25) is 9.59 Å². The molecule has 0 saturated heterocycles. The summed E-state index contributed by atoms with van der Waals surface area (Å²) >= 11 is 0. The maximum absolute atomic E-state index is 12.6. The minimum atomic E-state index is -0.212. The first-order chi connectivity index (χ1) is 9.02. The van der Waals surface area contributed by atoms with Gasteiger partial charge in [-0.1, -0.05) is 30.3 Å². The van der Waals surface area contributed by atoms with E-state index in [0.29, 0.717) is 16.7 Å². The Bertz CT molecular complexity index is 750. The predicted molar refractivity (Wildman–Crippen MR) is 73.2 cm³/mol. The Morgan fingerprint density at radius 2 is 1.35 bits per heavy atom. The third-order valence-corrected chi connectivity index (χ3v) is 3.61. The molecular weight excluding hydrogens is 327 g/mol. The van der Waals surface area contributed by atoms with Crippen molar-refractivity contribution in [1.29, 1.82) is 0 Å². The smallest absolute Gasteiger partial charge is 0.698 e. The fourth-order valence-electron chi connectivity index (χ4n) is 2.64. The van der Waals surface area contributed by atoms with Gasteiger partial charge in [0, 0.05) is 22.3 Å². The van der Waals surface area contributed by atoms with E-state index in [-0.39, 0.29) is 55.5 Å². The summed E-state index contributed by atoms with van der Waals surface area (Å²) in [4.78, 5) is 25.1. The number of benzene rings is 2. The largest absolute Gasteiger partial charge is 3.00 e. The Balaban J connectivity index is 0.00000147. The summed E-state index contributed by atoms with van der Waals surface area (Å²) in [5.74, 6) is -0.365. The molecule has 0 bridgehead atoms. The van der Waals surface area contributed by atoms with Crippen molar-refractivity contribution in [1.82, 2.24) is 0 Å². The molecule has 1 aliphatic rings. The van der Waals surface area contributed by atoms with Crippen molar-refractivity contribution >= 4 is 17.3 Å². The second-order valence-corrected chi connectivity index (χ2v) is 4.84. The van der Waals surface area contributed by atoms with Gasteiger partial charge in [0.25, 0.3) is 0 Å². The molecule has 0 amide bonds. The van der Waals surface area contributed by atoms with Crippen molar-refractivity contribution < 1.29 is 42.3 Å². The van der Waals surface area contributed by atoms with Gasteiger partial charge in [0.1, 0.15) is 0 Å². The van der Waals surface area contributed by atoms with Gasteiger partial charge >= 0.3 is 32.7 Å². The number of aryl methyl sites for hydroxylation is 2. The minimum Gasteiger partial charge on any atom is -0.698 e. The van der Waals surface area contributed by atoms with Crippen LogP contribution in [0.2, 0.25) is 0 Å². The topological polar surface area (TPSA) is 57.9 Å². The summed E-state index contributed by atoms with van der Waals surface area (Å²) in [7, 11) is 0. The van der Waals surface area contributed by atoms with E-state index in [9.17, 15) is 9.59 Å². The SMILES string of the molecule is Cc1ccc(C)c2c1C(=O)c1cccc([NH-])c1C2=O.[Y+3]. The van der Waals surface area contributed by atoms with Crippen molar-refractivity contribution in [3.05, 3.63) is 69.4 Å². The Kier molecular flexibility index (Phi) is 3.94. The molecule has 20 heavy (non-hydrogen) atoms. The summed E-state index contributed by atoms with van der Waals surface area (Å²) in [6.45, 7) is 3.65. The predicted octanol–water partition coefficient (Wildman–Crippen LogP) is 3.76. The molecular formula is C16H12NO2Y+2. The average Bonchev–Trinajstić information content (AvgIpc) is 2.38. The Morgan fingerprint density at radius 1 is 0.800 bits per heavy atom. The third kappa shape index (κ3) is 1.97. The van der Waals surface area contributed by atoms with E-state index in [1.807, 2.05) is 26.0 Å². The fraction of sp³-hybridized carbons (Fsp3) is 0.125. The fourth-order valence-corrected chi connectivity index (χ4v) is 2.64. The summed E-state index contributed by atoms with van der Waals surface area (Å²) < 4.78 is 0. The van der Waals surface area contributed by atoms with Crippen LogP contribution in [0.5, 0.6) is 0 Å². The van der Waals surface area contributed by atoms with Crippen LogP contribution in [0, 0.1) is 13.8 Å². The van der Waals surface area contributed by atoms with Crippen LogP contribution in [0.4, 0.5) is 5.69 Å². The van der Waals surface area contributed by atoms with Crippen molar-refractivity contribution in [2.45, 2.75) is 13.8 Å². The molecule has 0 saturated carbocycles. The van der Waals surface area contributed by atoms with Crippen molar-refractivity contribution in [2.75, 3.05) is 0 Å². The Hall–Kier alpha value is -1.32. The van der Waals surface area contributed by atoms with Crippen molar-refractivity contribution in [3.63, 3.8) is 0 Å². The molecule has 0 heterocycles. The number of fused-ring (bicyclic) bond motifs is 2. The minimum absolute atomic E-state index is 0. The standard InChI is InChI=1S/C16H13NO2.Y/c1-8-6-7-9(2)13-12(8)15(18)10-4-3-5-11(17)14(10)16(13)19;/h3-7H,1-2H3,(H2,17,19);/q;+3/p-1. The van der Waals surface area contributed by atoms with Crippen LogP contribution in [0.1, 0.15) is 43.0 Å². The number of ketones is 2. The molecule has 1 N–H and O–H groups in total. The molecule has 3 rings (SSSR count). The van der Waals surface area contributed by atoms with Crippen LogP contribution in [0.15, 0.2) is 30.3 Å². The van der Waals surface area contributed by atoms with Crippen LogP contribution >= 0.6 is 0 Å². The van der Waals surface area contributed by atoms with Gasteiger partial charge < -0.3 is 5.73 Å². The molecule has 4 heteroatoms. The van der Waals surface area contributed by atoms with E-state index >= 15 is 0 Å². The van der Waals surface area contributed by atoms with Crippen LogP contribution in [0.3, 0.4) is 0 Å². The number of nitrogens with one attached hydrogen (secondary N) is 1. The van der Waals surface area contributed by atoms with Gasteiger partial charge in [0.05, 0.1) is 0 Å². The summed E-state index contributed by atoms with van der Waals surface area (Å²) in [5, 5.41) is 0. The number of rotatable bonds is 0. The first-order valence-electron chi connectivity index (χ1n) is 6.06. The third-order valence-electron chi connectivity index (χ3n) is 3.61. The number of carbonyl (C=O) groups excluding carboxylic acids is 2. The number of hydrogen-bond acceptors (Lipinski definition) is 2. The summed E-state index contributed by atoms with van der Waals surface area (Å²) in [5.41, 5.74) is 11.1. The second kappa shape index (κ2) is 5.23. The monoisotopic (exact) mass is 339 g/mol. The van der Waals surface area contributed by atoms with E-state index in [4.69, 9.17) is 5.73 Å². The average molecular weight is 339 g/mol. The number of hydrogen-bond donors (Lipinski definition) is 0. The van der Waals surface area contributed by atoms with Gasteiger partial charge in [0.2, 0.25) is 0 Å². The molecule has 0 spiro atoms. The maximum atomic E-state index is 12.6. The van der Waals surface area contributed by atoms with Crippen LogP contribution < -0.4 is 0 Å². The normalized spacial score (nSPS) is 12.5. The summed E-state index contributed by atoms with van der Waals surface area (Å²) in [6.07, 6.45) is 0. The molecule has 0 aliphatic heterocycles. The zero-order valence-electron chi connectivity index (χ0n) is 11.3. The van der Waals surface area contributed by atoms with Gasteiger partial charge in [-0.25, -0.2) is 0 Å². The van der Waals surface area contributed by atoms with E-state index in [0.717, 1.165) is 11.1 Å². The molecule has 1 aliphatic carbocycles. The Labute approximate surface area is 142 Å². The molecule has 94 valence electrons. The molecule has 2 aromatic carbocycles. The van der Waals surface area contributed by atoms with Crippen LogP contribution in [-0.4, -0.2) is 11.6 Å². The Morgan fingerprint density at radius 3 is 1.95 bits per heavy atom. The van der Waals surface area contributed by atoms with E-state index < -0.39 is 0 Å². The van der Waals surface area contributed by atoms with Gasteiger partial charge in [-0.2, -0.15) is 0 Å². The van der Waals surface area contributed by atoms with Crippen molar-refractivity contribution in [2.24, 2.45) is 0 Å². The van der Waals surface area contributed by atoms with Crippen molar-refractivity contribution in [3.8, 4) is 0 Å². The molecule has 3 nitrogen and oxygen atoms in total. The van der Waals surface area contributed by atoms with Gasteiger partial charge in [0.15, 0.2) is 11.6 Å².